The van der Waals surface area contributed by atoms with Crippen molar-refractivity contribution in [3.8, 4) is 11.5 Å². The number of rotatable bonds is 6. The van der Waals surface area contributed by atoms with Gasteiger partial charge in [-0.15, -0.1) is 0 Å². The van der Waals surface area contributed by atoms with E-state index in [-0.39, 0.29) is 23.7 Å². The molecule has 0 spiro atoms. The van der Waals surface area contributed by atoms with Crippen molar-refractivity contribution in [1.82, 2.24) is 0 Å². The largest absolute Gasteiger partial charge is 0.493 e. The van der Waals surface area contributed by atoms with E-state index in [1.165, 1.54) is 6.92 Å². The van der Waals surface area contributed by atoms with Crippen molar-refractivity contribution >= 4 is 14.3 Å². The third kappa shape index (κ3) is 3.52. The molecule has 2 aliphatic carbocycles. The molecule has 1 saturated carbocycles. The molecule has 33 heavy (non-hydrogen) atoms. The maximum Gasteiger partial charge on any atom is 0.302 e. The summed E-state index contributed by atoms with van der Waals surface area (Å²) in [5.74, 6) is 0.831. The molecule has 5 atom stereocenters. The van der Waals surface area contributed by atoms with Crippen molar-refractivity contribution in [2.75, 3.05) is 13.7 Å². The van der Waals surface area contributed by atoms with Crippen LogP contribution >= 0.6 is 0 Å². The number of esters is 1. The zero-order chi connectivity index (χ0) is 24.4. The summed E-state index contributed by atoms with van der Waals surface area (Å²) in [6, 6.07) is 3.80. The Balaban J connectivity index is 1.87. The lowest BCUT2D eigenvalue weighted by Gasteiger charge is -2.58. The molecule has 3 aliphatic rings. The molecular weight excluding hydrogens is 440 g/mol. The summed E-state index contributed by atoms with van der Waals surface area (Å²) in [7, 11) is -0.559. The minimum absolute atomic E-state index is 0.00599. The van der Waals surface area contributed by atoms with Crippen molar-refractivity contribution in [3.63, 3.8) is 0 Å². The minimum Gasteiger partial charge on any atom is -0.493 e. The first kappa shape index (κ1) is 24.5. The SMILES string of the molecule is COc1ccc2c3c1O[C@@H]1[C@@H](O[Si](C)(C)C(C)(C)C)CC[C@](O)([C@@H](O)C2)[C@]31CCOC(C)=O. The van der Waals surface area contributed by atoms with Gasteiger partial charge in [-0.1, -0.05) is 26.8 Å². The summed E-state index contributed by atoms with van der Waals surface area (Å²) in [5.41, 5.74) is -0.586. The van der Waals surface area contributed by atoms with Gasteiger partial charge in [-0.3, -0.25) is 4.79 Å². The van der Waals surface area contributed by atoms with Crippen molar-refractivity contribution in [2.45, 2.75) is 101 Å². The molecule has 1 heterocycles. The maximum absolute atomic E-state index is 12.1. The lowest BCUT2D eigenvalue weighted by atomic mass is 9.51. The van der Waals surface area contributed by atoms with Gasteiger partial charge in [0.05, 0.1) is 31.3 Å². The third-order valence-corrected chi connectivity index (χ3v) is 13.0. The average molecular weight is 479 g/mol. The number of carbonyl (C=O) groups is 1. The van der Waals surface area contributed by atoms with Crippen molar-refractivity contribution < 1.29 is 33.6 Å². The van der Waals surface area contributed by atoms with Gasteiger partial charge in [-0.25, -0.2) is 0 Å². The Kier molecular flexibility index (Phi) is 5.92. The van der Waals surface area contributed by atoms with Gasteiger partial charge in [-0.05, 0) is 49.0 Å². The van der Waals surface area contributed by atoms with E-state index in [1.54, 1.807) is 7.11 Å². The van der Waals surface area contributed by atoms with Gasteiger partial charge in [0.1, 0.15) is 11.7 Å². The van der Waals surface area contributed by atoms with Gasteiger partial charge in [-0.2, -0.15) is 0 Å². The molecule has 0 aromatic heterocycles. The van der Waals surface area contributed by atoms with E-state index < -0.39 is 31.5 Å². The summed E-state index contributed by atoms with van der Waals surface area (Å²) in [6.07, 6.45) is -0.131. The van der Waals surface area contributed by atoms with Crippen molar-refractivity contribution in [1.29, 1.82) is 0 Å². The van der Waals surface area contributed by atoms with Gasteiger partial charge in [0.15, 0.2) is 19.8 Å². The fourth-order valence-electron chi connectivity index (χ4n) is 5.86. The zero-order valence-corrected chi connectivity index (χ0v) is 21.9. The molecule has 4 rings (SSSR count). The number of aliphatic hydroxyl groups excluding tert-OH is 1. The molecule has 1 aromatic rings. The number of benzene rings is 1. The molecule has 8 heteroatoms. The Morgan fingerprint density at radius 3 is 2.61 bits per heavy atom. The van der Waals surface area contributed by atoms with Crippen LogP contribution in [0.5, 0.6) is 11.5 Å². The second-order valence-electron chi connectivity index (χ2n) is 11.3. The first-order chi connectivity index (χ1) is 15.3. The lowest BCUT2D eigenvalue weighted by molar-refractivity contribution is -0.201. The van der Waals surface area contributed by atoms with E-state index in [1.807, 2.05) is 12.1 Å². The fraction of sp³-hybridized carbons (Fsp3) is 0.720. The number of carbonyl (C=O) groups excluding carboxylic acids is 1. The van der Waals surface area contributed by atoms with Crippen LogP contribution in [0, 0.1) is 0 Å². The van der Waals surface area contributed by atoms with Crippen LogP contribution in [0.4, 0.5) is 0 Å². The monoisotopic (exact) mass is 478 g/mol. The lowest BCUT2D eigenvalue weighted by Crippen LogP contribution is -2.72. The minimum atomic E-state index is -2.16. The van der Waals surface area contributed by atoms with Crippen LogP contribution in [-0.4, -0.2) is 62.1 Å². The smallest absolute Gasteiger partial charge is 0.302 e. The molecular formula is C25H38O7Si. The van der Waals surface area contributed by atoms with Gasteiger partial charge in [0, 0.05) is 18.9 Å². The van der Waals surface area contributed by atoms with Crippen molar-refractivity contribution in [2.24, 2.45) is 0 Å². The zero-order valence-electron chi connectivity index (χ0n) is 20.9. The molecule has 0 amide bonds. The van der Waals surface area contributed by atoms with Gasteiger partial charge in [0.25, 0.3) is 0 Å². The number of hydrogen-bond acceptors (Lipinski definition) is 7. The van der Waals surface area contributed by atoms with Crippen LogP contribution in [0.15, 0.2) is 12.1 Å². The maximum atomic E-state index is 12.1. The molecule has 0 bridgehead atoms. The van der Waals surface area contributed by atoms with E-state index in [0.29, 0.717) is 37.2 Å². The van der Waals surface area contributed by atoms with Crippen LogP contribution in [-0.2, 0) is 25.8 Å². The highest BCUT2D eigenvalue weighted by Gasteiger charge is 2.71. The molecule has 1 aliphatic heterocycles. The second kappa shape index (κ2) is 7.97. The normalized spacial score (nSPS) is 32.7. The highest BCUT2D eigenvalue weighted by atomic mass is 28.4. The first-order valence-corrected chi connectivity index (χ1v) is 14.8. The van der Waals surface area contributed by atoms with E-state index in [4.69, 9.17) is 18.6 Å². The number of aliphatic hydroxyl groups is 2. The topological polar surface area (TPSA) is 94.5 Å². The van der Waals surface area contributed by atoms with Crippen LogP contribution in [0.25, 0.3) is 0 Å². The van der Waals surface area contributed by atoms with E-state index in [9.17, 15) is 15.0 Å². The highest BCUT2D eigenvalue weighted by molar-refractivity contribution is 6.74. The Hall–Kier alpha value is -1.61. The van der Waals surface area contributed by atoms with Gasteiger partial charge in [0.2, 0.25) is 0 Å². The summed E-state index contributed by atoms with van der Waals surface area (Å²) in [6.45, 7) is 12.5. The molecule has 7 nitrogen and oxygen atoms in total. The molecule has 0 radical (unpaired) electrons. The Bertz CT molecular complexity index is 939. The summed E-state index contributed by atoms with van der Waals surface area (Å²) in [4.78, 5) is 11.6. The van der Waals surface area contributed by atoms with Crippen molar-refractivity contribution in [3.05, 3.63) is 23.3 Å². The Morgan fingerprint density at radius 1 is 1.30 bits per heavy atom. The number of ether oxygens (including phenoxy) is 3. The van der Waals surface area contributed by atoms with E-state index in [2.05, 4.69) is 33.9 Å². The van der Waals surface area contributed by atoms with Gasteiger partial charge < -0.3 is 28.8 Å². The van der Waals surface area contributed by atoms with E-state index in [0.717, 1.165) is 11.1 Å². The quantitative estimate of drug-likeness (QED) is 0.477. The third-order valence-electron chi connectivity index (χ3n) is 8.54. The predicted octanol–water partition coefficient (Wildman–Crippen LogP) is 3.48. The first-order valence-electron chi connectivity index (χ1n) is 11.9. The molecule has 184 valence electrons. The van der Waals surface area contributed by atoms with Gasteiger partial charge >= 0.3 is 5.97 Å². The molecule has 0 unspecified atom stereocenters. The molecule has 0 saturated heterocycles. The van der Waals surface area contributed by atoms with Crippen LogP contribution < -0.4 is 9.47 Å². The second-order valence-corrected chi connectivity index (χ2v) is 16.1. The summed E-state index contributed by atoms with van der Waals surface area (Å²) < 4.78 is 24.5. The molecule has 1 fully saturated rings. The van der Waals surface area contributed by atoms with Crippen LogP contribution in [0.3, 0.4) is 0 Å². The van der Waals surface area contributed by atoms with Crippen LogP contribution in [0.1, 0.15) is 58.1 Å². The summed E-state index contributed by atoms with van der Waals surface area (Å²) in [5, 5.41) is 23.3. The Labute approximate surface area is 197 Å². The van der Waals surface area contributed by atoms with E-state index >= 15 is 0 Å². The number of methoxy groups -OCH3 is 1. The fourth-order valence-corrected chi connectivity index (χ4v) is 7.21. The van der Waals surface area contributed by atoms with Crippen LogP contribution in [0.2, 0.25) is 18.1 Å². The predicted molar refractivity (Wildman–Crippen MR) is 126 cm³/mol. The molecule has 2 N–H and O–H groups in total. The standard InChI is InChI=1S/C25H38O7Si/c1-15(26)30-13-12-24-20-16-8-9-17(29-5)21(20)31-22(24)18(32-33(6,7)23(2,3)4)10-11-25(24,28)19(27)14-16/h8-9,18-19,22,27-28H,10-14H2,1-7H3/t18-,19-,22+,24+,25-/m0/s1. The average Bonchev–Trinajstić information content (AvgIpc) is 3.06. The highest BCUT2D eigenvalue weighted by Crippen LogP contribution is 2.64. The Morgan fingerprint density at radius 2 is 2.00 bits per heavy atom. The summed E-state index contributed by atoms with van der Waals surface area (Å²) >= 11 is 0. The number of hydrogen-bond donors (Lipinski definition) is 2. The molecule has 1 aromatic carbocycles.